The fraction of sp³-hybridized carbons (Fsp3) is 0.250. The third-order valence-corrected chi connectivity index (χ3v) is 5.29. The average molecular weight is 419 g/mol. The zero-order valence-electron chi connectivity index (χ0n) is 15.4. The molecular formula is C20H17ClF2N4O2. The Morgan fingerprint density at radius 3 is 2.48 bits per heavy atom. The van der Waals surface area contributed by atoms with Gasteiger partial charge in [0.05, 0.1) is 21.8 Å². The summed E-state index contributed by atoms with van der Waals surface area (Å²) in [7, 11) is 1.40. The Hall–Kier alpha value is -3.18. The van der Waals surface area contributed by atoms with Crippen LogP contribution in [0.2, 0.25) is 5.02 Å². The van der Waals surface area contributed by atoms with E-state index in [1.165, 1.54) is 31.3 Å². The van der Waals surface area contributed by atoms with Crippen LogP contribution in [0.4, 0.5) is 20.2 Å². The van der Waals surface area contributed by atoms with Crippen molar-refractivity contribution in [2.24, 2.45) is 0 Å². The number of carbonyl (C=O) groups excluding carboxylic acids is 2. The molecule has 0 heterocycles. The van der Waals surface area contributed by atoms with Crippen molar-refractivity contribution in [2.75, 3.05) is 17.7 Å². The number of anilines is 2. The molecule has 0 aliphatic heterocycles. The standard InChI is InChI=1S/C20H17ClF2N4O2/c1-25-18(28)13-5-4-12(9-14(13)22)27-20(7-2-8-20)19(29)26-15-6-3-11(10-24)16(21)17(15)23/h3-6,9,27H,2,7-8H2,1H3,(H,25,28)(H,26,29). The highest BCUT2D eigenvalue weighted by molar-refractivity contribution is 6.32. The summed E-state index contributed by atoms with van der Waals surface area (Å²) in [5.41, 5.74) is -1.02. The Labute approximate surface area is 170 Å². The van der Waals surface area contributed by atoms with Gasteiger partial charge in [0.1, 0.15) is 17.4 Å². The Balaban J connectivity index is 1.81. The maximum atomic E-state index is 14.3. The van der Waals surface area contributed by atoms with E-state index < -0.39 is 29.0 Å². The highest BCUT2D eigenvalue weighted by atomic mass is 35.5. The van der Waals surface area contributed by atoms with Crippen LogP contribution >= 0.6 is 11.6 Å². The predicted octanol–water partition coefficient (Wildman–Crippen LogP) is 3.82. The van der Waals surface area contributed by atoms with E-state index >= 15 is 0 Å². The summed E-state index contributed by atoms with van der Waals surface area (Å²) < 4.78 is 28.6. The van der Waals surface area contributed by atoms with Gasteiger partial charge in [-0.2, -0.15) is 5.26 Å². The Morgan fingerprint density at radius 2 is 1.93 bits per heavy atom. The van der Waals surface area contributed by atoms with Crippen molar-refractivity contribution in [1.29, 1.82) is 5.26 Å². The van der Waals surface area contributed by atoms with Gasteiger partial charge < -0.3 is 16.0 Å². The normalized spacial score (nSPS) is 14.3. The van der Waals surface area contributed by atoms with Gasteiger partial charge in [-0.1, -0.05) is 11.6 Å². The maximum absolute atomic E-state index is 14.3. The van der Waals surface area contributed by atoms with Crippen molar-refractivity contribution in [3.8, 4) is 6.07 Å². The molecule has 2 aromatic rings. The smallest absolute Gasteiger partial charge is 0.253 e. The van der Waals surface area contributed by atoms with Crippen LogP contribution in [0.25, 0.3) is 0 Å². The van der Waals surface area contributed by atoms with Gasteiger partial charge in [0.2, 0.25) is 5.91 Å². The third kappa shape index (κ3) is 3.87. The number of rotatable bonds is 5. The van der Waals surface area contributed by atoms with Crippen LogP contribution in [0.15, 0.2) is 30.3 Å². The number of halogens is 3. The fourth-order valence-electron chi connectivity index (χ4n) is 3.10. The first-order valence-corrected chi connectivity index (χ1v) is 9.18. The second-order valence-corrected chi connectivity index (χ2v) is 7.07. The molecule has 0 spiro atoms. The molecule has 29 heavy (non-hydrogen) atoms. The minimum Gasteiger partial charge on any atom is -0.371 e. The fourth-order valence-corrected chi connectivity index (χ4v) is 3.31. The van der Waals surface area contributed by atoms with Gasteiger partial charge in [-0.05, 0) is 49.6 Å². The van der Waals surface area contributed by atoms with Crippen molar-refractivity contribution >= 4 is 34.8 Å². The SMILES string of the molecule is CNC(=O)c1ccc(NC2(C(=O)Nc3ccc(C#N)c(Cl)c3F)CCC2)cc1F. The molecule has 2 amide bonds. The second kappa shape index (κ2) is 8.05. The number of nitrogens with zero attached hydrogens (tertiary/aromatic N) is 1. The lowest BCUT2D eigenvalue weighted by Gasteiger charge is -2.41. The molecule has 150 valence electrons. The number of nitrogens with one attached hydrogen (secondary N) is 3. The molecule has 6 nitrogen and oxygen atoms in total. The van der Waals surface area contributed by atoms with Crippen LogP contribution in [0.3, 0.4) is 0 Å². The van der Waals surface area contributed by atoms with Crippen molar-refractivity contribution < 1.29 is 18.4 Å². The molecule has 0 bridgehead atoms. The van der Waals surface area contributed by atoms with Gasteiger partial charge in [0, 0.05) is 12.7 Å². The third-order valence-electron chi connectivity index (χ3n) is 4.92. The molecule has 9 heteroatoms. The van der Waals surface area contributed by atoms with E-state index in [9.17, 15) is 18.4 Å². The molecule has 0 radical (unpaired) electrons. The monoisotopic (exact) mass is 418 g/mol. The topological polar surface area (TPSA) is 94.0 Å². The number of benzene rings is 2. The van der Waals surface area contributed by atoms with E-state index in [0.29, 0.717) is 18.5 Å². The van der Waals surface area contributed by atoms with Crippen molar-refractivity contribution in [3.63, 3.8) is 0 Å². The van der Waals surface area contributed by atoms with Crippen molar-refractivity contribution in [2.45, 2.75) is 24.8 Å². The van der Waals surface area contributed by atoms with Crippen LogP contribution < -0.4 is 16.0 Å². The van der Waals surface area contributed by atoms with Gasteiger partial charge in [-0.3, -0.25) is 9.59 Å². The van der Waals surface area contributed by atoms with Crippen molar-refractivity contribution in [1.82, 2.24) is 5.32 Å². The molecule has 3 N–H and O–H groups in total. The quantitative estimate of drug-likeness (QED) is 0.688. The van der Waals surface area contributed by atoms with Crippen LogP contribution in [0, 0.1) is 23.0 Å². The zero-order chi connectivity index (χ0) is 21.2. The van der Waals surface area contributed by atoms with Gasteiger partial charge in [-0.25, -0.2) is 8.78 Å². The largest absolute Gasteiger partial charge is 0.371 e. The van der Waals surface area contributed by atoms with E-state index in [4.69, 9.17) is 16.9 Å². The second-order valence-electron chi connectivity index (χ2n) is 6.69. The number of hydrogen-bond acceptors (Lipinski definition) is 4. The summed E-state index contributed by atoms with van der Waals surface area (Å²) in [6.45, 7) is 0. The molecular weight excluding hydrogens is 402 g/mol. The number of nitriles is 1. The Kier molecular flexibility index (Phi) is 5.71. The first kappa shape index (κ1) is 20.6. The Morgan fingerprint density at radius 1 is 1.21 bits per heavy atom. The molecule has 2 aromatic carbocycles. The van der Waals surface area contributed by atoms with Crippen LogP contribution in [0.5, 0.6) is 0 Å². The average Bonchev–Trinajstić information content (AvgIpc) is 2.68. The molecule has 0 aromatic heterocycles. The molecule has 0 atom stereocenters. The maximum Gasteiger partial charge on any atom is 0.253 e. The van der Waals surface area contributed by atoms with Crippen molar-refractivity contribution in [3.05, 3.63) is 58.1 Å². The summed E-state index contributed by atoms with van der Waals surface area (Å²) in [5.74, 6) is -2.68. The van der Waals surface area contributed by atoms with Gasteiger partial charge in [0.25, 0.3) is 5.91 Å². The molecule has 1 fully saturated rings. The molecule has 1 aliphatic carbocycles. The Bertz CT molecular complexity index is 1030. The van der Waals surface area contributed by atoms with Gasteiger partial charge in [0.15, 0.2) is 5.82 Å². The van der Waals surface area contributed by atoms with E-state index in [0.717, 1.165) is 12.5 Å². The number of hydrogen-bond donors (Lipinski definition) is 3. The first-order valence-electron chi connectivity index (χ1n) is 8.80. The van der Waals surface area contributed by atoms with Crippen LogP contribution in [0.1, 0.15) is 35.2 Å². The molecule has 3 rings (SSSR count). The lowest BCUT2D eigenvalue weighted by Crippen LogP contribution is -2.55. The lowest BCUT2D eigenvalue weighted by molar-refractivity contribution is -0.122. The summed E-state index contributed by atoms with van der Waals surface area (Å²) in [4.78, 5) is 24.5. The molecule has 1 aliphatic rings. The molecule has 0 unspecified atom stereocenters. The lowest BCUT2D eigenvalue weighted by atomic mass is 9.75. The number of amides is 2. The molecule has 1 saturated carbocycles. The van der Waals surface area contributed by atoms with Gasteiger partial charge in [-0.15, -0.1) is 0 Å². The number of carbonyl (C=O) groups is 2. The first-order chi connectivity index (χ1) is 13.8. The zero-order valence-corrected chi connectivity index (χ0v) is 16.2. The predicted molar refractivity (Wildman–Crippen MR) is 105 cm³/mol. The van der Waals surface area contributed by atoms with E-state index in [1.54, 1.807) is 6.07 Å². The van der Waals surface area contributed by atoms with E-state index in [-0.39, 0.29) is 21.8 Å². The van der Waals surface area contributed by atoms with E-state index in [2.05, 4.69) is 16.0 Å². The summed E-state index contributed by atoms with van der Waals surface area (Å²) in [6, 6.07) is 8.30. The highest BCUT2D eigenvalue weighted by Crippen LogP contribution is 2.37. The summed E-state index contributed by atoms with van der Waals surface area (Å²) >= 11 is 5.80. The summed E-state index contributed by atoms with van der Waals surface area (Å²) in [5, 5.41) is 16.4. The van der Waals surface area contributed by atoms with Crippen LogP contribution in [-0.4, -0.2) is 24.4 Å². The van der Waals surface area contributed by atoms with E-state index in [1.807, 2.05) is 0 Å². The minimum absolute atomic E-state index is 0.0367. The summed E-state index contributed by atoms with van der Waals surface area (Å²) in [6.07, 6.45) is 1.68. The van der Waals surface area contributed by atoms with Gasteiger partial charge >= 0.3 is 0 Å². The van der Waals surface area contributed by atoms with Crippen LogP contribution in [-0.2, 0) is 4.79 Å². The highest BCUT2D eigenvalue weighted by Gasteiger charge is 2.44. The minimum atomic E-state index is -1.05. The molecule has 0 saturated heterocycles.